The highest BCUT2D eigenvalue weighted by Crippen LogP contribution is 2.40. The third-order valence-electron chi connectivity index (χ3n) is 3.95. The van der Waals surface area contributed by atoms with Crippen LogP contribution >= 0.6 is 0 Å². The lowest BCUT2D eigenvalue weighted by molar-refractivity contribution is -0.121. The van der Waals surface area contributed by atoms with E-state index in [1.807, 2.05) is 19.9 Å². The predicted octanol–water partition coefficient (Wildman–Crippen LogP) is 3.26. The molecule has 122 valence electrons. The molecule has 0 bridgehead atoms. The topological polar surface area (TPSA) is 55.8 Å². The van der Waals surface area contributed by atoms with E-state index in [1.165, 1.54) is 0 Å². The molecule has 2 aromatic carbocycles. The van der Waals surface area contributed by atoms with Crippen molar-refractivity contribution < 1.29 is 19.4 Å². The summed E-state index contributed by atoms with van der Waals surface area (Å²) in [5.74, 6) is 1.35. The summed E-state index contributed by atoms with van der Waals surface area (Å²) in [6.07, 6.45) is 0.533. The average molecular weight is 314 g/mol. The molecule has 0 aliphatic carbocycles. The van der Waals surface area contributed by atoms with Gasteiger partial charge in [-0.2, -0.15) is 0 Å². The second-order valence-corrected chi connectivity index (χ2v) is 5.70. The van der Waals surface area contributed by atoms with Gasteiger partial charge in [0.15, 0.2) is 11.9 Å². The van der Waals surface area contributed by atoms with Gasteiger partial charge in [-0.15, -0.1) is 0 Å². The van der Waals surface area contributed by atoms with E-state index >= 15 is 0 Å². The van der Waals surface area contributed by atoms with Crippen LogP contribution in [0.2, 0.25) is 0 Å². The largest absolute Gasteiger partial charge is 0.496 e. The number of hydrogen-bond acceptors (Lipinski definition) is 4. The van der Waals surface area contributed by atoms with Gasteiger partial charge in [0.2, 0.25) is 0 Å². The Labute approximate surface area is 136 Å². The number of methoxy groups -OCH3 is 2. The second-order valence-electron chi connectivity index (χ2n) is 5.70. The first-order valence-electron chi connectivity index (χ1n) is 7.48. The minimum Gasteiger partial charge on any atom is -0.496 e. The molecule has 1 unspecified atom stereocenters. The van der Waals surface area contributed by atoms with Crippen LogP contribution in [-0.2, 0) is 10.4 Å². The first-order chi connectivity index (χ1) is 11.0. The molecule has 0 aromatic heterocycles. The number of carbonyl (C=O) groups excluding carboxylic acids is 1. The third kappa shape index (κ3) is 3.08. The van der Waals surface area contributed by atoms with Crippen molar-refractivity contribution in [2.24, 2.45) is 0 Å². The van der Waals surface area contributed by atoms with Crippen LogP contribution in [0.3, 0.4) is 0 Å². The minimum atomic E-state index is -1.75. The van der Waals surface area contributed by atoms with E-state index in [0.29, 0.717) is 28.9 Å². The number of benzene rings is 2. The minimum absolute atomic E-state index is 0.176. The molecule has 2 aromatic rings. The molecule has 0 saturated heterocycles. The maximum Gasteiger partial charge on any atom is 0.170 e. The van der Waals surface area contributed by atoms with Gasteiger partial charge >= 0.3 is 0 Å². The van der Waals surface area contributed by atoms with Gasteiger partial charge in [-0.25, -0.2) is 0 Å². The Balaban J connectivity index is 2.69. The van der Waals surface area contributed by atoms with Crippen LogP contribution in [0.4, 0.5) is 0 Å². The van der Waals surface area contributed by atoms with Crippen LogP contribution in [0.25, 0.3) is 0 Å². The van der Waals surface area contributed by atoms with Gasteiger partial charge in [0.1, 0.15) is 11.5 Å². The summed E-state index contributed by atoms with van der Waals surface area (Å²) >= 11 is 0. The van der Waals surface area contributed by atoms with E-state index < -0.39 is 5.60 Å². The number of aliphatic hydroxyl groups is 1. The van der Waals surface area contributed by atoms with Crippen LogP contribution in [0.15, 0.2) is 42.5 Å². The van der Waals surface area contributed by atoms with Crippen molar-refractivity contribution in [3.63, 3.8) is 0 Å². The predicted molar refractivity (Wildman–Crippen MR) is 89.1 cm³/mol. The molecule has 23 heavy (non-hydrogen) atoms. The molecule has 4 nitrogen and oxygen atoms in total. The molecule has 4 heteroatoms. The van der Waals surface area contributed by atoms with Gasteiger partial charge in [0, 0.05) is 11.1 Å². The van der Waals surface area contributed by atoms with Crippen molar-refractivity contribution in [3.05, 3.63) is 59.2 Å². The molecule has 0 spiro atoms. The summed E-state index contributed by atoms with van der Waals surface area (Å²) in [6, 6.07) is 12.2. The fourth-order valence-corrected chi connectivity index (χ4v) is 2.72. The summed E-state index contributed by atoms with van der Waals surface area (Å²) in [6.45, 7) is 4.06. The van der Waals surface area contributed by atoms with E-state index in [9.17, 15) is 9.90 Å². The highest BCUT2D eigenvalue weighted by Gasteiger charge is 2.33. The molecule has 0 fully saturated rings. The lowest BCUT2D eigenvalue weighted by atomic mass is 9.85. The summed E-state index contributed by atoms with van der Waals surface area (Å²) in [5, 5.41) is 11.0. The Kier molecular flexibility index (Phi) is 5.06. The van der Waals surface area contributed by atoms with Gasteiger partial charge in [0.05, 0.1) is 14.2 Å². The van der Waals surface area contributed by atoms with E-state index in [4.69, 9.17) is 9.47 Å². The molecule has 0 aliphatic heterocycles. The summed E-state index contributed by atoms with van der Waals surface area (Å²) in [5.41, 5.74) is 0.0606. The van der Waals surface area contributed by atoms with E-state index in [0.717, 1.165) is 5.56 Å². The quantitative estimate of drug-likeness (QED) is 0.832. The van der Waals surface area contributed by atoms with Gasteiger partial charge in [-0.3, -0.25) is 4.79 Å². The summed E-state index contributed by atoms with van der Waals surface area (Å²) in [4.78, 5) is 11.7. The van der Waals surface area contributed by atoms with E-state index in [-0.39, 0.29) is 5.92 Å². The number of ether oxygens (including phenoxy) is 2. The molecule has 1 atom stereocenters. The van der Waals surface area contributed by atoms with Crippen LogP contribution in [0.1, 0.15) is 36.5 Å². The zero-order chi connectivity index (χ0) is 17.0. The molecule has 2 rings (SSSR count). The average Bonchev–Trinajstić information content (AvgIpc) is 2.60. The Hall–Kier alpha value is -2.33. The Morgan fingerprint density at radius 2 is 1.52 bits per heavy atom. The summed E-state index contributed by atoms with van der Waals surface area (Å²) < 4.78 is 10.9. The van der Waals surface area contributed by atoms with Crippen molar-refractivity contribution in [3.8, 4) is 11.5 Å². The normalized spacial score (nSPS) is 13.5. The molecule has 1 N–H and O–H groups in total. The number of rotatable bonds is 6. The lowest BCUT2D eigenvalue weighted by Gasteiger charge is -2.26. The van der Waals surface area contributed by atoms with Crippen LogP contribution < -0.4 is 9.47 Å². The monoisotopic (exact) mass is 314 g/mol. The number of carbonyl (C=O) groups is 1. The van der Waals surface area contributed by atoms with Gasteiger partial charge in [0.25, 0.3) is 0 Å². The Morgan fingerprint density at radius 1 is 1.00 bits per heavy atom. The fourth-order valence-electron chi connectivity index (χ4n) is 2.72. The molecular formula is C19H22O4. The lowest BCUT2D eigenvalue weighted by Crippen LogP contribution is -2.29. The Bertz CT molecular complexity index is 654. The van der Waals surface area contributed by atoms with Crippen LogP contribution in [-0.4, -0.2) is 25.6 Å². The molecule has 0 heterocycles. The second kappa shape index (κ2) is 6.84. The van der Waals surface area contributed by atoms with E-state index in [2.05, 4.69) is 0 Å². The van der Waals surface area contributed by atoms with Crippen molar-refractivity contribution in [2.45, 2.75) is 25.4 Å². The highest BCUT2D eigenvalue weighted by atomic mass is 16.5. The maximum atomic E-state index is 11.7. The van der Waals surface area contributed by atoms with Crippen LogP contribution in [0.5, 0.6) is 11.5 Å². The molecule has 0 aliphatic rings. The maximum absolute atomic E-state index is 11.7. The number of hydrogen-bond donors (Lipinski definition) is 1. The molecule has 0 saturated carbocycles. The first kappa shape index (κ1) is 17.0. The zero-order valence-corrected chi connectivity index (χ0v) is 13.9. The molecule has 0 amide bonds. The molecular weight excluding hydrogens is 292 g/mol. The van der Waals surface area contributed by atoms with Gasteiger partial charge in [-0.1, -0.05) is 44.2 Å². The SMILES string of the molecule is COc1cc(C(O)(C=O)c2ccccc2)cc(OC)c1C(C)C. The van der Waals surface area contributed by atoms with E-state index in [1.54, 1.807) is 50.6 Å². The first-order valence-corrected chi connectivity index (χ1v) is 7.48. The molecule has 0 radical (unpaired) electrons. The smallest absolute Gasteiger partial charge is 0.170 e. The van der Waals surface area contributed by atoms with Crippen molar-refractivity contribution in [1.82, 2.24) is 0 Å². The Morgan fingerprint density at radius 3 is 1.91 bits per heavy atom. The fraction of sp³-hybridized carbons (Fsp3) is 0.316. The van der Waals surface area contributed by atoms with Crippen molar-refractivity contribution >= 4 is 6.29 Å². The van der Waals surface area contributed by atoms with Crippen molar-refractivity contribution in [1.29, 1.82) is 0 Å². The zero-order valence-electron chi connectivity index (χ0n) is 13.9. The highest BCUT2D eigenvalue weighted by molar-refractivity contribution is 5.73. The van der Waals surface area contributed by atoms with Gasteiger partial charge in [-0.05, 0) is 23.6 Å². The van der Waals surface area contributed by atoms with Crippen LogP contribution in [0, 0.1) is 0 Å². The standard InChI is InChI=1S/C19H22O4/c1-13(2)18-16(22-3)10-15(11-17(18)23-4)19(21,12-20)14-8-6-5-7-9-14/h5-13,21H,1-4H3. The van der Waals surface area contributed by atoms with Gasteiger partial charge < -0.3 is 14.6 Å². The third-order valence-corrected chi connectivity index (χ3v) is 3.95. The number of aldehydes is 1. The van der Waals surface area contributed by atoms with Crippen molar-refractivity contribution in [2.75, 3.05) is 14.2 Å². The summed E-state index contributed by atoms with van der Waals surface area (Å²) in [7, 11) is 3.12.